The molecule has 0 heterocycles. The van der Waals surface area contributed by atoms with E-state index in [0.717, 1.165) is 12.1 Å². The second-order valence-electron chi connectivity index (χ2n) is 8.45. The van der Waals surface area contributed by atoms with Gasteiger partial charge in [-0.2, -0.15) is 4.39 Å². The normalized spacial score (nSPS) is 12.2. The number of nitro benzene ring substituents is 2. The van der Waals surface area contributed by atoms with Gasteiger partial charge in [0.1, 0.15) is 58.1 Å². The number of rotatable bonds is 15. The highest BCUT2D eigenvalue weighted by Crippen LogP contribution is 2.34. The maximum Gasteiger partial charge on any atom is 0.305 e. The summed E-state index contributed by atoms with van der Waals surface area (Å²) in [6.45, 7) is -0.157. The van der Waals surface area contributed by atoms with Crippen molar-refractivity contribution < 1.29 is 36.9 Å². The summed E-state index contributed by atoms with van der Waals surface area (Å²) in [5, 5.41) is 22.6. The van der Waals surface area contributed by atoms with Crippen LogP contribution in [0, 0.1) is 26.0 Å². The molecule has 226 valence electrons. The molecule has 0 aliphatic carbocycles. The Bertz CT molecular complexity index is 1510. The van der Waals surface area contributed by atoms with Crippen LogP contribution >= 0.6 is 0 Å². The molecule has 42 heavy (non-hydrogen) atoms. The molecular formula is C25H28FN5O9S2. The lowest BCUT2D eigenvalue weighted by atomic mass is 10.2. The molecule has 0 amide bonds. The summed E-state index contributed by atoms with van der Waals surface area (Å²) in [5.41, 5.74) is 5.83. The van der Waals surface area contributed by atoms with Gasteiger partial charge >= 0.3 is 5.69 Å². The van der Waals surface area contributed by atoms with Crippen molar-refractivity contribution in [2.75, 3.05) is 60.3 Å². The molecule has 2 unspecified atom stereocenters. The van der Waals surface area contributed by atoms with Crippen LogP contribution in [0.25, 0.3) is 0 Å². The number of methoxy groups -OCH3 is 1. The van der Waals surface area contributed by atoms with E-state index in [9.17, 15) is 33.0 Å². The molecule has 0 aliphatic rings. The van der Waals surface area contributed by atoms with E-state index < -0.39 is 43.3 Å². The first-order valence-electron chi connectivity index (χ1n) is 12.1. The Morgan fingerprint density at radius 2 is 1.26 bits per heavy atom. The Balaban J connectivity index is 1.76. The Morgan fingerprint density at radius 1 is 0.786 bits per heavy atom. The van der Waals surface area contributed by atoms with Gasteiger partial charge in [0.05, 0.1) is 41.4 Å². The minimum atomic E-state index is -1.76. The van der Waals surface area contributed by atoms with E-state index >= 15 is 0 Å². The van der Waals surface area contributed by atoms with Crippen molar-refractivity contribution in [3.63, 3.8) is 0 Å². The van der Waals surface area contributed by atoms with Crippen molar-refractivity contribution in [1.29, 1.82) is 0 Å². The average Bonchev–Trinajstić information content (AvgIpc) is 2.93. The lowest BCUT2D eigenvalue weighted by Crippen LogP contribution is -2.31. The Morgan fingerprint density at radius 3 is 1.76 bits per heavy atom. The van der Waals surface area contributed by atoms with Gasteiger partial charge in [0.2, 0.25) is 5.82 Å². The second-order valence-corrected chi connectivity index (χ2v) is 11.0. The summed E-state index contributed by atoms with van der Waals surface area (Å²) < 4.78 is 58.1. The van der Waals surface area contributed by atoms with Crippen molar-refractivity contribution in [2.45, 2.75) is 0 Å². The summed E-state index contributed by atoms with van der Waals surface area (Å²) in [7, 11) is -1.74. The molecule has 3 rings (SSSR count). The summed E-state index contributed by atoms with van der Waals surface area (Å²) in [6, 6.07) is 11.9. The minimum Gasteiger partial charge on any atom is -0.497 e. The zero-order valence-electron chi connectivity index (χ0n) is 22.8. The van der Waals surface area contributed by atoms with Gasteiger partial charge in [-0.1, -0.05) is 0 Å². The smallest absolute Gasteiger partial charge is 0.305 e. The van der Waals surface area contributed by atoms with Gasteiger partial charge in [0.25, 0.3) is 5.69 Å². The largest absolute Gasteiger partial charge is 0.497 e. The highest BCUT2D eigenvalue weighted by atomic mass is 32.2. The topological polar surface area (TPSA) is 181 Å². The number of hydrogen-bond donors (Lipinski definition) is 1. The van der Waals surface area contributed by atoms with E-state index in [4.69, 9.17) is 19.9 Å². The van der Waals surface area contributed by atoms with Gasteiger partial charge in [-0.15, -0.1) is 0 Å². The van der Waals surface area contributed by atoms with Crippen LogP contribution < -0.4 is 28.6 Å². The van der Waals surface area contributed by atoms with Crippen molar-refractivity contribution >= 4 is 50.4 Å². The highest BCUT2D eigenvalue weighted by molar-refractivity contribution is 7.86. The summed E-state index contributed by atoms with van der Waals surface area (Å²) in [4.78, 5) is 21.0. The number of nitro groups is 2. The summed E-state index contributed by atoms with van der Waals surface area (Å²) >= 11 is 0. The number of nitrogen functional groups attached to an aromatic ring is 1. The fraction of sp³-hybridized carbons (Fsp3) is 0.280. The number of nitrogens with two attached hydrogens (primary N) is 1. The number of nitrogens with zero attached hydrogens (tertiary/aromatic N) is 4. The second kappa shape index (κ2) is 14.4. The van der Waals surface area contributed by atoms with Crippen molar-refractivity contribution in [1.82, 2.24) is 0 Å². The van der Waals surface area contributed by atoms with Crippen LogP contribution in [0.3, 0.4) is 0 Å². The van der Waals surface area contributed by atoms with Crippen LogP contribution in [0.2, 0.25) is 0 Å². The Kier molecular flexibility index (Phi) is 11.0. The standard InChI is InChI=1S/C25H28FN5O9S2/c1-38-17-4-7-21(27)24(15-17)28(41(2)36)10-12-40-19-6-9-23(31(34)35)25(16-19)29(42(3)37)11-13-39-18-5-8-22(30(32)33)20(26)14-18/h4-9,14-16H,10-13,27H2,1-3H3. The Hall–Kier alpha value is -4.51. The van der Waals surface area contributed by atoms with Gasteiger partial charge < -0.3 is 19.9 Å². The van der Waals surface area contributed by atoms with E-state index in [-0.39, 0.29) is 49.2 Å². The third-order valence-corrected chi connectivity index (χ3v) is 7.78. The van der Waals surface area contributed by atoms with E-state index in [1.165, 1.54) is 52.5 Å². The van der Waals surface area contributed by atoms with Crippen molar-refractivity contribution in [3.8, 4) is 17.2 Å². The number of benzene rings is 3. The molecule has 0 spiro atoms. The molecule has 0 aromatic heterocycles. The van der Waals surface area contributed by atoms with E-state index in [1.54, 1.807) is 18.2 Å². The highest BCUT2D eigenvalue weighted by Gasteiger charge is 2.24. The van der Waals surface area contributed by atoms with Crippen molar-refractivity contribution in [3.05, 3.63) is 80.6 Å². The molecule has 2 atom stereocenters. The number of hydrogen-bond acceptors (Lipinski definition) is 10. The lowest BCUT2D eigenvalue weighted by Gasteiger charge is -2.24. The molecule has 3 aromatic carbocycles. The summed E-state index contributed by atoms with van der Waals surface area (Å²) in [6.07, 6.45) is 2.79. The number of halogens is 1. The fourth-order valence-corrected chi connectivity index (χ4v) is 5.33. The Labute approximate surface area is 245 Å². The predicted octanol–water partition coefficient (Wildman–Crippen LogP) is 3.59. The third kappa shape index (κ3) is 8.03. The monoisotopic (exact) mass is 625 g/mol. The van der Waals surface area contributed by atoms with Gasteiger partial charge in [0, 0.05) is 42.8 Å². The molecule has 14 nitrogen and oxygen atoms in total. The predicted molar refractivity (Wildman–Crippen MR) is 157 cm³/mol. The first kappa shape index (κ1) is 32.0. The molecule has 2 N–H and O–H groups in total. The lowest BCUT2D eigenvalue weighted by molar-refractivity contribution is -0.387. The molecule has 0 bridgehead atoms. The zero-order chi connectivity index (χ0) is 31.0. The van der Waals surface area contributed by atoms with Crippen LogP contribution in [0.1, 0.15) is 0 Å². The van der Waals surface area contributed by atoms with Crippen LogP contribution in [0.5, 0.6) is 17.2 Å². The van der Waals surface area contributed by atoms with E-state index in [1.807, 2.05) is 0 Å². The van der Waals surface area contributed by atoms with Gasteiger partial charge in [-0.3, -0.25) is 28.8 Å². The first-order chi connectivity index (χ1) is 19.9. The molecule has 0 fully saturated rings. The van der Waals surface area contributed by atoms with Gasteiger partial charge in [0.15, 0.2) is 0 Å². The average molecular weight is 626 g/mol. The zero-order valence-corrected chi connectivity index (χ0v) is 24.4. The SMILES string of the molecule is COc1ccc(N)c(N(CCOc2ccc([N+](=O)[O-])c(N(CCOc3ccc([N+](=O)[O-])c(F)c3)S(C)=O)c2)S(C)=O)c1. The summed E-state index contributed by atoms with van der Waals surface area (Å²) in [5.74, 6) is -0.370. The van der Waals surface area contributed by atoms with E-state index in [0.29, 0.717) is 17.1 Å². The molecule has 0 saturated carbocycles. The molecule has 17 heteroatoms. The maximum atomic E-state index is 13.9. The molecular weight excluding hydrogens is 597 g/mol. The van der Waals surface area contributed by atoms with E-state index in [2.05, 4.69) is 0 Å². The molecule has 0 saturated heterocycles. The molecule has 0 aliphatic heterocycles. The van der Waals surface area contributed by atoms with Crippen LogP contribution in [0.4, 0.5) is 32.8 Å². The fourth-order valence-electron chi connectivity index (χ4n) is 3.81. The van der Waals surface area contributed by atoms with Crippen molar-refractivity contribution in [2.24, 2.45) is 0 Å². The van der Waals surface area contributed by atoms with Crippen LogP contribution in [-0.2, 0) is 22.0 Å². The van der Waals surface area contributed by atoms with Crippen LogP contribution in [-0.4, -0.2) is 64.2 Å². The first-order valence-corrected chi connectivity index (χ1v) is 15.1. The van der Waals surface area contributed by atoms with Gasteiger partial charge in [-0.25, -0.2) is 8.42 Å². The van der Waals surface area contributed by atoms with Gasteiger partial charge in [-0.05, 0) is 24.3 Å². The number of anilines is 3. The third-order valence-electron chi connectivity index (χ3n) is 5.78. The minimum absolute atomic E-state index is 0.0114. The van der Waals surface area contributed by atoms with Crippen LogP contribution in [0.15, 0.2) is 54.6 Å². The molecule has 3 aromatic rings. The maximum absolute atomic E-state index is 13.9. The number of ether oxygens (including phenoxy) is 3. The quantitative estimate of drug-likeness (QED) is 0.149. The molecule has 0 radical (unpaired) electrons.